The van der Waals surface area contributed by atoms with Crippen molar-refractivity contribution in [3.05, 3.63) is 134 Å². The van der Waals surface area contributed by atoms with Gasteiger partial charge in [0, 0.05) is 45.4 Å². The summed E-state index contributed by atoms with van der Waals surface area (Å²) in [7, 11) is 0. The fourth-order valence-corrected chi connectivity index (χ4v) is 5.53. The van der Waals surface area contributed by atoms with Crippen LogP contribution < -0.4 is 0 Å². The molecule has 0 aliphatic rings. The normalized spacial score (nSPS) is 11.5. The molecule has 0 atom stereocenters. The minimum Gasteiger partial charge on any atom is -0.295 e. The smallest absolute Gasteiger partial charge is 0.239 e. The van der Waals surface area contributed by atoms with Gasteiger partial charge in [-0.1, -0.05) is 97.1 Å². The molecule has 0 spiro atoms. The number of fused-ring (bicyclic) bond motifs is 5. The zero-order valence-electron chi connectivity index (χ0n) is 21.4. The molecule has 4 heterocycles. The number of benzene rings is 4. The van der Waals surface area contributed by atoms with Crippen LogP contribution in [0.4, 0.5) is 0 Å². The van der Waals surface area contributed by atoms with Crippen LogP contribution in [0.1, 0.15) is 0 Å². The van der Waals surface area contributed by atoms with E-state index in [1.54, 1.807) is 0 Å². The third kappa shape index (κ3) is 3.43. The molecule has 0 aliphatic heterocycles. The molecule has 8 aromatic rings. The van der Waals surface area contributed by atoms with Gasteiger partial charge in [-0.3, -0.25) is 14.1 Å². The summed E-state index contributed by atoms with van der Waals surface area (Å²) in [5, 5.41) is 3.32. The summed E-state index contributed by atoms with van der Waals surface area (Å²) < 4.78 is 4.44. The summed E-state index contributed by atoms with van der Waals surface area (Å²) >= 11 is 0. The Morgan fingerprint density at radius 1 is 0.475 bits per heavy atom. The number of pyridine rings is 1. The first kappa shape index (κ1) is 22.4. The molecule has 4 aromatic carbocycles. The SMILES string of the molecule is c1ccc(-c2nc(-c3ccccc3)nc(-n3c4ccncc4c4c5ccccc5n(-c5ccccc5)c43)n2)cc1. The van der Waals surface area contributed by atoms with Crippen LogP contribution in [0.3, 0.4) is 0 Å². The Labute approximate surface area is 229 Å². The highest BCUT2D eigenvalue weighted by Crippen LogP contribution is 2.40. The standard InChI is InChI=1S/C34H22N6/c1-4-12-23(13-5-1)31-36-32(24-14-6-2-7-15-24)38-34(37-31)40-29-20-21-35-22-27(29)30-26-18-10-11-19-28(26)39(33(30)40)25-16-8-3-9-17-25/h1-22H. The Morgan fingerprint density at radius 3 is 1.73 bits per heavy atom. The molecule has 6 heteroatoms. The Bertz CT molecular complexity index is 2090. The first-order chi connectivity index (χ1) is 19.9. The van der Waals surface area contributed by atoms with E-state index < -0.39 is 0 Å². The third-order valence-electron chi connectivity index (χ3n) is 7.27. The van der Waals surface area contributed by atoms with Crippen LogP contribution in [0.15, 0.2) is 134 Å². The van der Waals surface area contributed by atoms with Gasteiger partial charge in [0.05, 0.1) is 11.0 Å². The van der Waals surface area contributed by atoms with Gasteiger partial charge in [-0.15, -0.1) is 0 Å². The molecule has 40 heavy (non-hydrogen) atoms. The first-order valence-electron chi connectivity index (χ1n) is 13.2. The van der Waals surface area contributed by atoms with Crippen molar-refractivity contribution >= 4 is 32.8 Å². The molecule has 0 aliphatic carbocycles. The Kier molecular flexibility index (Phi) is 5.03. The summed E-state index contributed by atoms with van der Waals surface area (Å²) in [4.78, 5) is 19.6. The molecule has 0 fully saturated rings. The van der Waals surface area contributed by atoms with Crippen LogP contribution in [0.2, 0.25) is 0 Å². The van der Waals surface area contributed by atoms with Gasteiger partial charge in [0.25, 0.3) is 0 Å². The minimum atomic E-state index is 0.555. The first-order valence-corrected chi connectivity index (χ1v) is 13.2. The average Bonchev–Trinajstić information content (AvgIpc) is 3.55. The molecule has 0 amide bonds. The van der Waals surface area contributed by atoms with Crippen molar-refractivity contribution in [3.63, 3.8) is 0 Å². The monoisotopic (exact) mass is 514 g/mol. The Morgan fingerprint density at radius 2 is 1.05 bits per heavy atom. The van der Waals surface area contributed by atoms with Crippen LogP contribution in [-0.4, -0.2) is 29.1 Å². The van der Waals surface area contributed by atoms with Crippen molar-refractivity contribution in [1.29, 1.82) is 0 Å². The molecule has 0 saturated carbocycles. The Hall–Kier alpha value is -5.62. The predicted octanol–water partition coefficient (Wildman–Crippen LogP) is 7.64. The highest BCUT2D eigenvalue weighted by atomic mass is 15.2. The fraction of sp³-hybridized carbons (Fsp3) is 0. The summed E-state index contributed by atoms with van der Waals surface area (Å²) in [5.41, 5.74) is 6.01. The molecule has 0 radical (unpaired) electrons. The maximum Gasteiger partial charge on any atom is 0.239 e. The average molecular weight is 515 g/mol. The van der Waals surface area contributed by atoms with Crippen LogP contribution in [0.25, 0.3) is 67.3 Å². The highest BCUT2D eigenvalue weighted by molar-refractivity contribution is 6.22. The van der Waals surface area contributed by atoms with E-state index in [0.717, 1.165) is 49.7 Å². The van der Waals surface area contributed by atoms with Crippen molar-refractivity contribution in [2.24, 2.45) is 0 Å². The minimum absolute atomic E-state index is 0.555. The molecule has 0 N–H and O–H groups in total. The maximum atomic E-state index is 5.08. The van der Waals surface area contributed by atoms with E-state index in [2.05, 4.69) is 62.6 Å². The number of hydrogen-bond donors (Lipinski definition) is 0. The van der Waals surface area contributed by atoms with E-state index in [1.807, 2.05) is 85.2 Å². The van der Waals surface area contributed by atoms with Crippen LogP contribution >= 0.6 is 0 Å². The topological polar surface area (TPSA) is 61.4 Å². The second-order valence-electron chi connectivity index (χ2n) is 9.63. The van der Waals surface area contributed by atoms with Gasteiger partial charge < -0.3 is 0 Å². The lowest BCUT2D eigenvalue weighted by atomic mass is 10.1. The molecule has 6 nitrogen and oxygen atoms in total. The molecule has 8 rings (SSSR count). The maximum absolute atomic E-state index is 5.08. The lowest BCUT2D eigenvalue weighted by molar-refractivity contribution is 0.932. The van der Waals surface area contributed by atoms with Gasteiger partial charge in [-0.05, 0) is 24.3 Å². The fourth-order valence-electron chi connectivity index (χ4n) is 5.53. The molecular formula is C34H22N6. The van der Waals surface area contributed by atoms with Gasteiger partial charge >= 0.3 is 0 Å². The van der Waals surface area contributed by atoms with E-state index in [9.17, 15) is 0 Å². The number of hydrogen-bond acceptors (Lipinski definition) is 4. The Balaban J connectivity index is 1.54. The second kappa shape index (κ2) is 8.99. The zero-order chi connectivity index (χ0) is 26.5. The van der Waals surface area contributed by atoms with E-state index >= 15 is 0 Å². The third-order valence-corrected chi connectivity index (χ3v) is 7.27. The lowest BCUT2D eigenvalue weighted by Crippen LogP contribution is -2.08. The van der Waals surface area contributed by atoms with E-state index in [0.29, 0.717) is 17.6 Å². The molecule has 0 bridgehead atoms. The highest BCUT2D eigenvalue weighted by Gasteiger charge is 2.24. The van der Waals surface area contributed by atoms with Crippen molar-refractivity contribution in [2.75, 3.05) is 0 Å². The summed E-state index contributed by atoms with van der Waals surface area (Å²) in [6.45, 7) is 0. The van der Waals surface area contributed by atoms with E-state index in [1.165, 1.54) is 0 Å². The summed E-state index contributed by atoms with van der Waals surface area (Å²) in [6.07, 6.45) is 3.76. The van der Waals surface area contributed by atoms with Gasteiger partial charge in [0.15, 0.2) is 11.6 Å². The number of aromatic nitrogens is 6. The van der Waals surface area contributed by atoms with Gasteiger partial charge in [0.1, 0.15) is 5.65 Å². The number of para-hydroxylation sites is 2. The van der Waals surface area contributed by atoms with Crippen molar-refractivity contribution < 1.29 is 0 Å². The van der Waals surface area contributed by atoms with Crippen molar-refractivity contribution in [2.45, 2.75) is 0 Å². The van der Waals surface area contributed by atoms with E-state index in [-0.39, 0.29) is 0 Å². The largest absolute Gasteiger partial charge is 0.295 e. The van der Waals surface area contributed by atoms with Crippen LogP contribution in [-0.2, 0) is 0 Å². The van der Waals surface area contributed by atoms with E-state index in [4.69, 9.17) is 15.0 Å². The van der Waals surface area contributed by atoms with Crippen LogP contribution in [0.5, 0.6) is 0 Å². The van der Waals surface area contributed by atoms with Crippen LogP contribution in [0, 0.1) is 0 Å². The van der Waals surface area contributed by atoms with Crippen molar-refractivity contribution in [1.82, 2.24) is 29.1 Å². The number of nitrogens with zero attached hydrogens (tertiary/aromatic N) is 6. The predicted molar refractivity (Wildman–Crippen MR) is 160 cm³/mol. The van der Waals surface area contributed by atoms with Gasteiger partial charge in [0.2, 0.25) is 5.95 Å². The molecule has 0 saturated heterocycles. The quantitative estimate of drug-likeness (QED) is 0.242. The lowest BCUT2D eigenvalue weighted by Gasteiger charge is -2.13. The number of rotatable bonds is 4. The molecule has 0 unspecified atom stereocenters. The second-order valence-corrected chi connectivity index (χ2v) is 9.63. The zero-order valence-corrected chi connectivity index (χ0v) is 21.4. The van der Waals surface area contributed by atoms with Gasteiger partial charge in [-0.25, -0.2) is 4.98 Å². The molecule has 188 valence electrons. The summed E-state index contributed by atoms with van der Waals surface area (Å²) in [6, 6.07) is 41.1. The summed E-state index contributed by atoms with van der Waals surface area (Å²) in [5.74, 6) is 1.80. The van der Waals surface area contributed by atoms with Gasteiger partial charge in [-0.2, -0.15) is 9.97 Å². The molecular weight excluding hydrogens is 492 g/mol. The molecule has 4 aromatic heterocycles. The van der Waals surface area contributed by atoms with Crippen molar-refractivity contribution in [3.8, 4) is 34.4 Å².